The minimum atomic E-state index is -1.46. The third-order valence-electron chi connectivity index (χ3n) is 3.09. The molecule has 1 aromatic carbocycles. The molecule has 3 N–H and O–H groups in total. The van der Waals surface area contributed by atoms with Gasteiger partial charge >= 0.3 is 5.97 Å². The predicted molar refractivity (Wildman–Crippen MR) is 96.7 cm³/mol. The lowest BCUT2D eigenvalue weighted by Gasteiger charge is -2.21. The van der Waals surface area contributed by atoms with Crippen molar-refractivity contribution in [2.75, 3.05) is 0 Å². The van der Waals surface area contributed by atoms with Crippen molar-refractivity contribution in [2.24, 2.45) is 5.73 Å². The van der Waals surface area contributed by atoms with Crippen LogP contribution in [-0.4, -0.2) is 38.2 Å². The summed E-state index contributed by atoms with van der Waals surface area (Å²) < 4.78 is 0.0167. The van der Waals surface area contributed by atoms with E-state index in [1.54, 1.807) is 18.2 Å². The molecule has 6 nitrogen and oxygen atoms in total. The molecule has 24 heavy (non-hydrogen) atoms. The fourth-order valence-corrected chi connectivity index (χ4v) is 3.85. The minimum absolute atomic E-state index is 0.0167. The summed E-state index contributed by atoms with van der Waals surface area (Å²) >= 11 is 18.1. The number of benzene rings is 1. The standard InChI is InChI=1S/C14H10Cl2N2O4S2/c15-7-2-1-3-8(16)6(7)4-10-12(20)18(14(23)24-10)9(13(21)22)5-11(17)19/h1-4,9H,5H2,(H2,17,19)(H,21,22)/b10-4-. The van der Waals surface area contributed by atoms with Crippen LogP contribution in [0.1, 0.15) is 12.0 Å². The number of halogens is 2. The van der Waals surface area contributed by atoms with Crippen LogP contribution in [0, 0.1) is 0 Å². The predicted octanol–water partition coefficient (Wildman–Crippen LogP) is 2.52. The van der Waals surface area contributed by atoms with Gasteiger partial charge in [-0.15, -0.1) is 0 Å². The summed E-state index contributed by atoms with van der Waals surface area (Å²) in [6.45, 7) is 0. The van der Waals surface area contributed by atoms with Crippen LogP contribution in [0.15, 0.2) is 23.1 Å². The number of thioether (sulfide) groups is 1. The molecular formula is C14H10Cl2N2O4S2. The normalized spacial score (nSPS) is 17.4. The summed E-state index contributed by atoms with van der Waals surface area (Å²) in [7, 11) is 0. The van der Waals surface area contributed by atoms with E-state index in [2.05, 4.69) is 0 Å². The zero-order valence-corrected chi connectivity index (χ0v) is 15.0. The Bertz CT molecular complexity index is 762. The first kappa shape index (κ1) is 18.7. The lowest BCUT2D eigenvalue weighted by atomic mass is 10.1. The van der Waals surface area contributed by atoms with E-state index in [0.29, 0.717) is 15.6 Å². The summed E-state index contributed by atoms with van der Waals surface area (Å²) in [5.41, 5.74) is 5.47. The molecule has 1 aliphatic rings. The molecule has 1 heterocycles. The molecular weight excluding hydrogens is 395 g/mol. The van der Waals surface area contributed by atoms with Gasteiger partial charge in [-0.2, -0.15) is 0 Å². The molecule has 1 aromatic rings. The second kappa shape index (κ2) is 7.52. The van der Waals surface area contributed by atoms with Crippen LogP contribution in [0.2, 0.25) is 10.0 Å². The smallest absolute Gasteiger partial charge is 0.327 e. The van der Waals surface area contributed by atoms with Crippen LogP contribution in [0.3, 0.4) is 0 Å². The Kier molecular flexibility index (Phi) is 5.87. The Morgan fingerprint density at radius 3 is 2.46 bits per heavy atom. The average molecular weight is 405 g/mol. The molecule has 1 aliphatic heterocycles. The van der Waals surface area contributed by atoms with E-state index in [9.17, 15) is 19.5 Å². The van der Waals surface area contributed by atoms with Gasteiger partial charge in [0, 0.05) is 15.6 Å². The lowest BCUT2D eigenvalue weighted by Crippen LogP contribution is -2.46. The summed E-state index contributed by atoms with van der Waals surface area (Å²) in [6.07, 6.45) is 0.898. The van der Waals surface area contributed by atoms with Gasteiger partial charge in [0.05, 0.1) is 11.3 Å². The van der Waals surface area contributed by atoms with Crippen LogP contribution in [-0.2, 0) is 14.4 Å². The maximum atomic E-state index is 12.5. The average Bonchev–Trinajstić information content (AvgIpc) is 2.75. The zero-order valence-electron chi connectivity index (χ0n) is 11.9. The first-order chi connectivity index (χ1) is 11.2. The third-order valence-corrected chi connectivity index (χ3v) is 5.08. The number of hydrogen-bond donors (Lipinski definition) is 2. The van der Waals surface area contributed by atoms with E-state index in [-0.39, 0.29) is 9.23 Å². The molecule has 0 radical (unpaired) electrons. The summed E-state index contributed by atoms with van der Waals surface area (Å²) in [5, 5.41) is 9.92. The maximum absolute atomic E-state index is 12.5. The van der Waals surface area contributed by atoms with Crippen LogP contribution in [0.5, 0.6) is 0 Å². The Labute approximate surface area is 156 Å². The van der Waals surface area contributed by atoms with Gasteiger partial charge in [0.1, 0.15) is 10.4 Å². The van der Waals surface area contributed by atoms with Gasteiger partial charge in [-0.1, -0.05) is 53.2 Å². The number of hydrogen-bond acceptors (Lipinski definition) is 5. The van der Waals surface area contributed by atoms with Crippen molar-refractivity contribution in [2.45, 2.75) is 12.5 Å². The number of carbonyl (C=O) groups is 3. The molecule has 0 aliphatic carbocycles. The van der Waals surface area contributed by atoms with E-state index >= 15 is 0 Å². The molecule has 1 unspecified atom stereocenters. The first-order valence-corrected chi connectivity index (χ1v) is 8.42. The van der Waals surface area contributed by atoms with Gasteiger partial charge in [-0.3, -0.25) is 14.5 Å². The van der Waals surface area contributed by atoms with Gasteiger partial charge in [0.15, 0.2) is 0 Å². The van der Waals surface area contributed by atoms with Crippen molar-refractivity contribution in [1.29, 1.82) is 0 Å². The van der Waals surface area contributed by atoms with Crippen molar-refractivity contribution in [3.63, 3.8) is 0 Å². The number of nitrogens with two attached hydrogens (primary N) is 1. The van der Waals surface area contributed by atoms with Gasteiger partial charge < -0.3 is 10.8 Å². The highest BCUT2D eigenvalue weighted by Crippen LogP contribution is 2.37. The molecule has 1 fully saturated rings. The Hall–Kier alpha value is -1.61. The fourth-order valence-electron chi connectivity index (χ4n) is 2.01. The number of rotatable bonds is 5. The topological polar surface area (TPSA) is 101 Å². The van der Waals surface area contributed by atoms with Crippen molar-refractivity contribution in [3.8, 4) is 0 Å². The molecule has 1 saturated heterocycles. The number of carboxylic acids is 1. The molecule has 0 aromatic heterocycles. The molecule has 0 bridgehead atoms. The third kappa shape index (κ3) is 3.89. The zero-order chi connectivity index (χ0) is 18.0. The lowest BCUT2D eigenvalue weighted by molar-refractivity contribution is -0.146. The number of primary amides is 1. The first-order valence-electron chi connectivity index (χ1n) is 6.44. The second-order valence-corrected chi connectivity index (χ2v) is 7.20. The number of carbonyl (C=O) groups excluding carboxylic acids is 2. The summed E-state index contributed by atoms with van der Waals surface area (Å²) in [4.78, 5) is 36.0. The van der Waals surface area contributed by atoms with Crippen molar-refractivity contribution < 1.29 is 19.5 Å². The number of aliphatic carboxylic acids is 1. The van der Waals surface area contributed by atoms with E-state index in [0.717, 1.165) is 16.7 Å². The molecule has 2 amide bonds. The molecule has 1 atom stereocenters. The van der Waals surface area contributed by atoms with Crippen LogP contribution >= 0.6 is 47.2 Å². The summed E-state index contributed by atoms with van der Waals surface area (Å²) in [6, 6.07) is 3.41. The minimum Gasteiger partial charge on any atom is -0.480 e. The van der Waals surface area contributed by atoms with E-state index < -0.39 is 30.2 Å². The molecule has 0 saturated carbocycles. The summed E-state index contributed by atoms with van der Waals surface area (Å²) in [5.74, 6) is -2.87. The van der Waals surface area contributed by atoms with Crippen molar-refractivity contribution >= 4 is 75.4 Å². The molecule has 0 spiro atoms. The van der Waals surface area contributed by atoms with E-state index in [1.807, 2.05) is 0 Å². The van der Waals surface area contributed by atoms with Crippen LogP contribution < -0.4 is 5.73 Å². The number of carboxylic acid groups (broad SMARTS) is 1. The Morgan fingerprint density at radius 2 is 1.96 bits per heavy atom. The van der Waals surface area contributed by atoms with Gasteiger partial charge in [-0.05, 0) is 18.2 Å². The van der Waals surface area contributed by atoms with E-state index in [1.165, 1.54) is 6.08 Å². The van der Waals surface area contributed by atoms with Gasteiger partial charge in [0.25, 0.3) is 5.91 Å². The Balaban J connectivity index is 2.39. The highest BCUT2D eigenvalue weighted by molar-refractivity contribution is 8.26. The highest BCUT2D eigenvalue weighted by Gasteiger charge is 2.41. The number of nitrogens with zero attached hydrogens (tertiary/aromatic N) is 1. The quantitative estimate of drug-likeness (QED) is 0.577. The number of amides is 2. The van der Waals surface area contributed by atoms with Gasteiger partial charge in [-0.25, -0.2) is 4.79 Å². The van der Waals surface area contributed by atoms with Crippen LogP contribution in [0.4, 0.5) is 0 Å². The second-order valence-electron chi connectivity index (χ2n) is 4.71. The van der Waals surface area contributed by atoms with Crippen molar-refractivity contribution in [1.82, 2.24) is 4.90 Å². The van der Waals surface area contributed by atoms with Crippen molar-refractivity contribution in [3.05, 3.63) is 38.7 Å². The van der Waals surface area contributed by atoms with Crippen LogP contribution in [0.25, 0.3) is 6.08 Å². The van der Waals surface area contributed by atoms with Gasteiger partial charge in [0.2, 0.25) is 5.91 Å². The fraction of sp³-hybridized carbons (Fsp3) is 0.143. The molecule has 10 heteroatoms. The maximum Gasteiger partial charge on any atom is 0.327 e. The Morgan fingerprint density at radius 1 is 1.38 bits per heavy atom. The number of thiocarbonyl (C=S) groups is 1. The molecule has 126 valence electrons. The monoisotopic (exact) mass is 404 g/mol. The SMILES string of the molecule is NC(=O)CC(C(=O)O)N1C(=O)/C(=C/c2c(Cl)cccc2Cl)SC1=S. The molecule has 2 rings (SSSR count). The largest absolute Gasteiger partial charge is 0.480 e. The van der Waals surface area contributed by atoms with E-state index in [4.69, 9.17) is 41.2 Å². The highest BCUT2D eigenvalue weighted by atomic mass is 35.5.